The van der Waals surface area contributed by atoms with Crippen molar-refractivity contribution in [2.75, 3.05) is 0 Å². The first kappa shape index (κ1) is 20.2. The van der Waals surface area contributed by atoms with Gasteiger partial charge >= 0.3 is 0 Å². The van der Waals surface area contributed by atoms with Crippen LogP contribution in [0.2, 0.25) is 0 Å². The van der Waals surface area contributed by atoms with E-state index >= 15 is 0 Å². The molecule has 0 spiro atoms. The molecule has 2 heteroatoms. The highest BCUT2D eigenvalue weighted by Gasteiger charge is 2.20. The highest BCUT2D eigenvalue weighted by Crippen LogP contribution is 2.41. The van der Waals surface area contributed by atoms with Crippen LogP contribution in [0.25, 0.3) is 60.5 Å². The van der Waals surface area contributed by atoms with Crippen LogP contribution in [0.3, 0.4) is 0 Å². The van der Waals surface area contributed by atoms with Crippen molar-refractivity contribution in [3.8, 4) is 22.4 Å². The summed E-state index contributed by atoms with van der Waals surface area (Å²) in [5.74, 6) is 0. The molecule has 3 aromatic heterocycles. The lowest BCUT2D eigenvalue weighted by molar-refractivity contribution is 0.591. The summed E-state index contributed by atoms with van der Waals surface area (Å²) in [5, 5.41) is 5.24. The van der Waals surface area contributed by atoms with E-state index in [1.54, 1.807) is 0 Å². The third-order valence-electron chi connectivity index (χ3n) is 7.35. The van der Waals surface area contributed by atoms with Crippen LogP contribution in [0.1, 0.15) is 26.3 Å². The monoisotopic (exact) mass is 450 g/mol. The van der Waals surface area contributed by atoms with Crippen LogP contribution in [0.5, 0.6) is 0 Å². The van der Waals surface area contributed by atoms with Gasteiger partial charge in [0.05, 0.1) is 22.2 Å². The molecule has 0 saturated heterocycles. The molecule has 35 heavy (non-hydrogen) atoms. The third kappa shape index (κ3) is 2.99. The first-order valence-corrected chi connectivity index (χ1v) is 12.2. The summed E-state index contributed by atoms with van der Waals surface area (Å²) in [6.07, 6.45) is 1.97. The molecule has 0 saturated carbocycles. The molecule has 0 atom stereocenters. The minimum absolute atomic E-state index is 0.125. The summed E-state index contributed by atoms with van der Waals surface area (Å²) < 4.78 is 2.44. The van der Waals surface area contributed by atoms with Crippen LogP contribution in [0, 0.1) is 0 Å². The average molecular weight is 451 g/mol. The molecule has 3 heterocycles. The van der Waals surface area contributed by atoms with Crippen molar-refractivity contribution in [2.24, 2.45) is 0 Å². The van der Waals surface area contributed by atoms with Gasteiger partial charge in [-0.2, -0.15) is 0 Å². The van der Waals surface area contributed by atoms with E-state index in [-0.39, 0.29) is 5.41 Å². The Morgan fingerprint density at radius 1 is 0.571 bits per heavy atom. The first-order chi connectivity index (χ1) is 17.0. The van der Waals surface area contributed by atoms with Gasteiger partial charge in [0.2, 0.25) is 0 Å². The van der Waals surface area contributed by atoms with E-state index in [2.05, 4.69) is 116 Å². The molecule has 0 amide bonds. The van der Waals surface area contributed by atoms with E-state index in [0.717, 1.165) is 16.8 Å². The SMILES string of the molecule is CC(C)(C)c1ccc2c(c1)c1cccc3c4cc(-c5ccc(-c6ccccc6)cn5)ccc4n2c31. The van der Waals surface area contributed by atoms with Gasteiger partial charge in [0.1, 0.15) is 0 Å². The lowest BCUT2D eigenvalue weighted by Gasteiger charge is -2.19. The summed E-state index contributed by atoms with van der Waals surface area (Å²) >= 11 is 0. The van der Waals surface area contributed by atoms with Crippen molar-refractivity contribution < 1.29 is 0 Å². The normalized spacial score (nSPS) is 12.4. The van der Waals surface area contributed by atoms with E-state index < -0.39 is 0 Å². The molecule has 0 fully saturated rings. The highest BCUT2D eigenvalue weighted by molar-refractivity contribution is 6.23. The molecule has 168 valence electrons. The van der Waals surface area contributed by atoms with Gasteiger partial charge in [-0.3, -0.25) is 4.98 Å². The molecule has 7 rings (SSSR count). The number of hydrogen-bond acceptors (Lipinski definition) is 1. The number of pyridine rings is 1. The molecule has 7 aromatic rings. The fraction of sp³-hybridized carbons (Fsp3) is 0.121. The summed E-state index contributed by atoms with van der Waals surface area (Å²) in [5.41, 5.74) is 9.80. The molecular formula is C33H26N2. The van der Waals surface area contributed by atoms with E-state index in [0.29, 0.717) is 0 Å². The maximum absolute atomic E-state index is 4.81. The van der Waals surface area contributed by atoms with Crippen molar-refractivity contribution in [1.82, 2.24) is 9.38 Å². The zero-order valence-corrected chi connectivity index (χ0v) is 20.2. The number of fused-ring (bicyclic) bond motifs is 6. The number of aromatic nitrogens is 2. The van der Waals surface area contributed by atoms with Gasteiger partial charge in [-0.05, 0) is 46.9 Å². The summed E-state index contributed by atoms with van der Waals surface area (Å²) in [4.78, 5) is 4.81. The van der Waals surface area contributed by atoms with Crippen LogP contribution in [0.4, 0.5) is 0 Å². The molecular weight excluding hydrogens is 424 g/mol. The van der Waals surface area contributed by atoms with Crippen molar-refractivity contribution in [3.63, 3.8) is 0 Å². The zero-order chi connectivity index (χ0) is 23.7. The Bertz CT molecular complexity index is 1850. The molecule has 0 radical (unpaired) electrons. The van der Waals surface area contributed by atoms with E-state index in [1.807, 2.05) is 12.3 Å². The fourth-order valence-corrected chi connectivity index (χ4v) is 5.48. The van der Waals surface area contributed by atoms with E-state index in [4.69, 9.17) is 4.98 Å². The van der Waals surface area contributed by atoms with Crippen molar-refractivity contribution in [3.05, 3.63) is 109 Å². The molecule has 4 aromatic carbocycles. The van der Waals surface area contributed by atoms with E-state index in [9.17, 15) is 0 Å². The second kappa shape index (κ2) is 7.16. The standard InChI is InChI=1S/C33H26N2/c1-33(2,3)24-14-17-31-28(19-24)26-11-7-10-25-27-18-22(13-16-30(27)35(31)32(25)26)29-15-12-23(20-34-29)21-8-5-4-6-9-21/h4-20H,1-3H3. The summed E-state index contributed by atoms with van der Waals surface area (Å²) in [6, 6.07) is 35.1. The van der Waals surface area contributed by atoms with Gasteiger partial charge in [-0.25, -0.2) is 0 Å². The summed E-state index contributed by atoms with van der Waals surface area (Å²) in [7, 11) is 0. The number of hydrogen-bond donors (Lipinski definition) is 0. The predicted molar refractivity (Wildman–Crippen MR) is 148 cm³/mol. The Labute approximate surface area is 204 Å². The van der Waals surface area contributed by atoms with Gasteiger partial charge in [0.15, 0.2) is 0 Å². The van der Waals surface area contributed by atoms with Crippen molar-refractivity contribution >= 4 is 38.1 Å². The highest BCUT2D eigenvalue weighted by atomic mass is 14.9. The number of nitrogens with zero attached hydrogens (tertiary/aromatic N) is 2. The summed E-state index contributed by atoms with van der Waals surface area (Å²) in [6.45, 7) is 6.84. The van der Waals surface area contributed by atoms with Gasteiger partial charge in [-0.15, -0.1) is 0 Å². The minimum Gasteiger partial charge on any atom is -0.308 e. The Kier molecular flexibility index (Phi) is 4.14. The number of benzene rings is 4. The third-order valence-corrected chi connectivity index (χ3v) is 7.35. The maximum Gasteiger partial charge on any atom is 0.0702 e. The van der Waals surface area contributed by atoms with Crippen LogP contribution in [0.15, 0.2) is 103 Å². The van der Waals surface area contributed by atoms with Crippen molar-refractivity contribution in [2.45, 2.75) is 26.2 Å². The second-order valence-corrected chi connectivity index (χ2v) is 10.5. The van der Waals surface area contributed by atoms with Crippen molar-refractivity contribution in [1.29, 1.82) is 0 Å². The molecule has 0 aliphatic carbocycles. The molecule has 2 nitrogen and oxygen atoms in total. The smallest absolute Gasteiger partial charge is 0.0702 e. The molecule has 0 N–H and O–H groups in total. The molecule has 0 unspecified atom stereocenters. The maximum atomic E-state index is 4.81. The first-order valence-electron chi connectivity index (χ1n) is 12.2. The molecule has 0 bridgehead atoms. The van der Waals surface area contributed by atoms with Gasteiger partial charge in [-0.1, -0.05) is 87.5 Å². The van der Waals surface area contributed by atoms with E-state index in [1.165, 1.54) is 49.2 Å². The number of rotatable bonds is 2. The van der Waals surface area contributed by atoms with Crippen LogP contribution < -0.4 is 0 Å². The van der Waals surface area contributed by atoms with Crippen LogP contribution >= 0.6 is 0 Å². The zero-order valence-electron chi connectivity index (χ0n) is 20.2. The van der Waals surface area contributed by atoms with Gasteiger partial charge in [0.25, 0.3) is 0 Å². The Hall–Kier alpha value is -4.17. The van der Waals surface area contributed by atoms with Gasteiger partial charge in [0, 0.05) is 38.9 Å². The predicted octanol–water partition coefficient (Wildman–Crippen LogP) is 8.86. The largest absolute Gasteiger partial charge is 0.308 e. The van der Waals surface area contributed by atoms with Crippen LogP contribution in [-0.4, -0.2) is 9.38 Å². The lowest BCUT2D eigenvalue weighted by atomic mass is 9.86. The fourth-order valence-electron chi connectivity index (χ4n) is 5.48. The second-order valence-electron chi connectivity index (χ2n) is 10.5. The Balaban J connectivity index is 1.42. The quantitative estimate of drug-likeness (QED) is 0.257. The number of para-hydroxylation sites is 1. The lowest BCUT2D eigenvalue weighted by Crippen LogP contribution is -2.10. The van der Waals surface area contributed by atoms with Gasteiger partial charge < -0.3 is 4.40 Å². The minimum atomic E-state index is 0.125. The molecule has 0 aliphatic rings. The van der Waals surface area contributed by atoms with Crippen LogP contribution in [-0.2, 0) is 5.41 Å². The molecule has 0 aliphatic heterocycles. The average Bonchev–Trinajstić information content (AvgIpc) is 3.40. The topological polar surface area (TPSA) is 17.3 Å². The Morgan fingerprint density at radius 3 is 1.94 bits per heavy atom. The Morgan fingerprint density at radius 2 is 1.26 bits per heavy atom.